The van der Waals surface area contributed by atoms with Crippen LogP contribution in [0.2, 0.25) is 0 Å². The lowest BCUT2D eigenvalue weighted by Crippen LogP contribution is -3.16. The molecule has 1 aliphatic rings. The van der Waals surface area contributed by atoms with Crippen molar-refractivity contribution < 1.29 is 14.4 Å². The smallest absolute Gasteiger partial charge is 0.282 e. The van der Waals surface area contributed by atoms with Gasteiger partial charge in [-0.05, 0) is 63.1 Å². The number of carbonyl (C=O) groups is 1. The van der Waals surface area contributed by atoms with Gasteiger partial charge in [0.25, 0.3) is 5.91 Å². The molecule has 144 valence electrons. The molecule has 2 atom stereocenters. The van der Waals surface area contributed by atoms with E-state index in [1.807, 2.05) is 19.1 Å². The molecule has 0 spiro atoms. The summed E-state index contributed by atoms with van der Waals surface area (Å²) in [5.41, 5.74) is 5.66. The number of nitrogens with one attached hydrogen (secondary N) is 2. The number of methoxy groups -OCH3 is 1. The average molecular weight is 368 g/mol. The van der Waals surface area contributed by atoms with Gasteiger partial charge in [-0.3, -0.25) is 4.79 Å². The predicted molar refractivity (Wildman–Crippen MR) is 109 cm³/mol. The highest BCUT2D eigenvalue weighted by molar-refractivity contribution is 5.95. The fourth-order valence-corrected chi connectivity index (χ4v) is 3.86. The molecule has 0 saturated heterocycles. The maximum Gasteiger partial charge on any atom is 0.282 e. The van der Waals surface area contributed by atoms with Crippen molar-refractivity contribution in [1.82, 2.24) is 0 Å². The molecule has 1 unspecified atom stereocenters. The van der Waals surface area contributed by atoms with E-state index in [-0.39, 0.29) is 11.9 Å². The lowest BCUT2D eigenvalue weighted by atomic mass is 10.0. The largest absolute Gasteiger partial charge is 0.497 e. The number of carbonyl (C=O) groups excluding carboxylic acids is 1. The van der Waals surface area contributed by atoms with Gasteiger partial charge in [0.15, 0.2) is 6.04 Å². The number of hydrogen-bond acceptors (Lipinski definition) is 2. The molecule has 1 aliphatic carbocycles. The summed E-state index contributed by atoms with van der Waals surface area (Å²) in [7, 11) is 1.68. The van der Waals surface area contributed by atoms with Crippen molar-refractivity contribution >= 4 is 11.6 Å². The number of hydrogen-bond donors (Lipinski definition) is 2. The molecule has 3 rings (SSSR count). The summed E-state index contributed by atoms with van der Waals surface area (Å²) in [6.45, 7) is 9.11. The van der Waals surface area contributed by atoms with Gasteiger partial charge in [0.1, 0.15) is 12.3 Å². The van der Waals surface area contributed by atoms with E-state index in [2.05, 4.69) is 50.4 Å². The Hall–Kier alpha value is -2.33. The molecule has 1 saturated carbocycles. The summed E-state index contributed by atoms with van der Waals surface area (Å²) in [4.78, 5) is 14.4. The molecule has 0 radical (unpaired) electrons. The summed E-state index contributed by atoms with van der Waals surface area (Å²) in [6.07, 6.45) is 2.40. The Labute approximate surface area is 162 Å². The van der Waals surface area contributed by atoms with Gasteiger partial charge < -0.3 is 15.0 Å². The Balaban J connectivity index is 1.72. The third-order valence-electron chi connectivity index (χ3n) is 5.54. The van der Waals surface area contributed by atoms with Crippen molar-refractivity contribution in [3.05, 3.63) is 58.7 Å². The van der Waals surface area contributed by atoms with E-state index in [1.54, 1.807) is 7.11 Å². The Kier molecular flexibility index (Phi) is 5.85. The molecule has 4 heteroatoms. The Morgan fingerprint density at radius 3 is 2.26 bits per heavy atom. The second-order valence-electron chi connectivity index (χ2n) is 7.86. The van der Waals surface area contributed by atoms with Crippen molar-refractivity contribution in [2.45, 2.75) is 59.2 Å². The molecule has 2 N–H and O–H groups in total. The van der Waals surface area contributed by atoms with Gasteiger partial charge in [0, 0.05) is 24.1 Å². The first kappa shape index (κ1) is 19.4. The first-order chi connectivity index (χ1) is 12.9. The normalized spacial score (nSPS) is 15.9. The number of benzene rings is 2. The van der Waals surface area contributed by atoms with Gasteiger partial charge in [0.05, 0.1) is 13.2 Å². The van der Waals surface area contributed by atoms with Crippen LogP contribution in [0.1, 0.15) is 42.0 Å². The standard InChI is InChI=1S/C23H30N2O2/c1-15-12-16(2)22(17(3)13-15)24-23(26)18(4)25(20-8-9-20)14-19-6-10-21(27-5)11-7-19/h6-7,10-13,18,20H,8-9,14H2,1-5H3,(H,24,26)/p+1/t18-/m1/s1. The maximum absolute atomic E-state index is 13.0. The van der Waals surface area contributed by atoms with Crippen molar-refractivity contribution in [2.75, 3.05) is 12.4 Å². The molecular weight excluding hydrogens is 336 g/mol. The molecule has 0 bridgehead atoms. The zero-order valence-electron chi connectivity index (χ0n) is 17.1. The van der Waals surface area contributed by atoms with Crippen molar-refractivity contribution in [2.24, 2.45) is 0 Å². The van der Waals surface area contributed by atoms with Crippen LogP contribution in [0.15, 0.2) is 36.4 Å². The van der Waals surface area contributed by atoms with E-state index in [9.17, 15) is 4.79 Å². The van der Waals surface area contributed by atoms with Crippen LogP contribution in [0.5, 0.6) is 5.75 Å². The quantitative estimate of drug-likeness (QED) is 0.789. The van der Waals surface area contributed by atoms with Crippen LogP contribution in [-0.4, -0.2) is 25.1 Å². The van der Waals surface area contributed by atoms with Crippen molar-refractivity contribution in [3.8, 4) is 5.75 Å². The van der Waals surface area contributed by atoms with Crippen LogP contribution in [0.3, 0.4) is 0 Å². The van der Waals surface area contributed by atoms with Gasteiger partial charge in [-0.2, -0.15) is 0 Å². The lowest BCUT2D eigenvalue weighted by molar-refractivity contribution is -0.938. The van der Waals surface area contributed by atoms with E-state index < -0.39 is 0 Å². The first-order valence-corrected chi connectivity index (χ1v) is 9.76. The minimum atomic E-state index is -0.0975. The van der Waals surface area contributed by atoms with Gasteiger partial charge in [-0.15, -0.1) is 0 Å². The lowest BCUT2D eigenvalue weighted by Gasteiger charge is -2.26. The zero-order chi connectivity index (χ0) is 19.6. The molecule has 0 aliphatic heterocycles. The average Bonchev–Trinajstić information content (AvgIpc) is 3.47. The molecule has 0 aromatic heterocycles. The summed E-state index contributed by atoms with van der Waals surface area (Å²) < 4.78 is 5.25. The third kappa shape index (κ3) is 4.69. The van der Waals surface area contributed by atoms with Crippen LogP contribution in [0.25, 0.3) is 0 Å². The number of aryl methyl sites for hydroxylation is 3. The molecule has 2 aromatic carbocycles. The minimum Gasteiger partial charge on any atom is -0.497 e. The highest BCUT2D eigenvalue weighted by atomic mass is 16.5. The van der Waals surface area contributed by atoms with Gasteiger partial charge >= 0.3 is 0 Å². The maximum atomic E-state index is 13.0. The van der Waals surface area contributed by atoms with E-state index in [0.717, 1.165) is 29.1 Å². The topological polar surface area (TPSA) is 42.8 Å². The zero-order valence-corrected chi connectivity index (χ0v) is 17.1. The number of rotatable bonds is 7. The third-order valence-corrected chi connectivity index (χ3v) is 5.54. The van der Waals surface area contributed by atoms with Crippen molar-refractivity contribution in [1.29, 1.82) is 0 Å². The molecule has 1 fully saturated rings. The van der Waals surface area contributed by atoms with Crippen LogP contribution < -0.4 is 15.0 Å². The van der Waals surface area contributed by atoms with Crippen LogP contribution in [-0.2, 0) is 11.3 Å². The SMILES string of the molecule is COc1ccc(C[NH+](C2CC2)[C@H](C)C(=O)Nc2c(C)cc(C)cc2C)cc1. The molecule has 2 aromatic rings. The number of amides is 1. The number of anilines is 1. The Morgan fingerprint density at radius 2 is 1.74 bits per heavy atom. The summed E-state index contributed by atoms with van der Waals surface area (Å²) in [6, 6.07) is 12.9. The number of quaternary nitrogens is 1. The summed E-state index contributed by atoms with van der Waals surface area (Å²) in [5, 5.41) is 3.19. The summed E-state index contributed by atoms with van der Waals surface area (Å²) in [5.74, 6) is 0.961. The van der Waals surface area contributed by atoms with Gasteiger partial charge in [-0.25, -0.2) is 0 Å². The van der Waals surface area contributed by atoms with E-state index in [4.69, 9.17) is 4.74 Å². The van der Waals surface area contributed by atoms with Crippen LogP contribution in [0.4, 0.5) is 5.69 Å². The van der Waals surface area contributed by atoms with Crippen LogP contribution in [0, 0.1) is 20.8 Å². The van der Waals surface area contributed by atoms with Crippen LogP contribution >= 0.6 is 0 Å². The monoisotopic (exact) mass is 367 g/mol. The highest BCUT2D eigenvalue weighted by Crippen LogP contribution is 2.22. The minimum absolute atomic E-state index is 0.0975. The fraction of sp³-hybridized carbons (Fsp3) is 0.435. The summed E-state index contributed by atoms with van der Waals surface area (Å²) >= 11 is 0. The van der Waals surface area contributed by atoms with Gasteiger partial charge in [0.2, 0.25) is 0 Å². The molecular formula is C23H31N2O2+. The van der Waals surface area contributed by atoms with Crippen molar-refractivity contribution in [3.63, 3.8) is 0 Å². The molecule has 0 heterocycles. The second-order valence-corrected chi connectivity index (χ2v) is 7.86. The van der Waals surface area contributed by atoms with E-state index in [1.165, 1.54) is 28.9 Å². The van der Waals surface area contributed by atoms with E-state index >= 15 is 0 Å². The first-order valence-electron chi connectivity index (χ1n) is 9.76. The fourth-order valence-electron chi connectivity index (χ4n) is 3.86. The molecule has 27 heavy (non-hydrogen) atoms. The van der Waals surface area contributed by atoms with Gasteiger partial charge in [-0.1, -0.05) is 17.7 Å². The Morgan fingerprint density at radius 1 is 1.15 bits per heavy atom. The molecule has 1 amide bonds. The highest BCUT2D eigenvalue weighted by Gasteiger charge is 2.39. The Bertz CT molecular complexity index is 787. The number of ether oxygens (including phenoxy) is 1. The molecule has 4 nitrogen and oxygen atoms in total. The predicted octanol–water partition coefficient (Wildman–Crippen LogP) is 3.19. The van der Waals surface area contributed by atoms with E-state index in [0.29, 0.717) is 6.04 Å². The second kappa shape index (κ2) is 8.13.